The smallest absolute Gasteiger partial charge is 0.248 e. The number of amides is 1. The predicted molar refractivity (Wildman–Crippen MR) is 46.9 cm³/mol. The van der Waals surface area contributed by atoms with E-state index >= 15 is 0 Å². The molecule has 0 aliphatic heterocycles. The molecular formula is C9H13NO. The molecule has 0 radical (unpaired) electrons. The van der Waals surface area contributed by atoms with Crippen LogP contribution in [0.2, 0.25) is 0 Å². The Kier molecular flexibility index (Phi) is 3.96. The zero-order valence-corrected chi connectivity index (χ0v) is 6.92. The lowest BCUT2D eigenvalue weighted by molar-refractivity contribution is -0.114. The Morgan fingerprint density at radius 1 is 1.45 bits per heavy atom. The summed E-state index contributed by atoms with van der Waals surface area (Å²) in [5, 5.41) is 0. The first kappa shape index (κ1) is 9.69. The number of carbonyl (C=O) groups excluding carboxylic acids is 1. The third kappa shape index (κ3) is 4.14. The van der Waals surface area contributed by atoms with E-state index in [4.69, 9.17) is 5.73 Å². The Morgan fingerprint density at radius 3 is 2.36 bits per heavy atom. The minimum atomic E-state index is -0.481. The van der Waals surface area contributed by atoms with E-state index in [2.05, 4.69) is 6.58 Å². The molecule has 60 valence electrons. The summed E-state index contributed by atoms with van der Waals surface area (Å²) in [6.45, 7) is 7.33. The summed E-state index contributed by atoms with van der Waals surface area (Å²) < 4.78 is 0. The molecule has 0 atom stereocenters. The average Bonchev–Trinajstić information content (AvgIpc) is 1.99. The molecule has 0 spiro atoms. The van der Waals surface area contributed by atoms with Crippen LogP contribution in [0.1, 0.15) is 13.8 Å². The first-order chi connectivity index (χ1) is 5.07. The molecule has 0 aliphatic carbocycles. The molecule has 0 saturated heterocycles. The minimum absolute atomic E-state index is 0.325. The van der Waals surface area contributed by atoms with Gasteiger partial charge in [-0.05, 0) is 19.9 Å². The zero-order valence-electron chi connectivity index (χ0n) is 6.92. The number of rotatable bonds is 3. The predicted octanol–water partition coefficient (Wildman–Crippen LogP) is 1.55. The van der Waals surface area contributed by atoms with Gasteiger partial charge in [-0.2, -0.15) is 0 Å². The molecule has 0 fully saturated rings. The fourth-order valence-electron chi connectivity index (χ4n) is 0.410. The van der Waals surface area contributed by atoms with Crippen molar-refractivity contribution < 1.29 is 4.79 Å². The van der Waals surface area contributed by atoms with Crippen molar-refractivity contribution in [2.45, 2.75) is 13.8 Å². The molecule has 0 aromatic heterocycles. The Balaban J connectivity index is 4.15. The second kappa shape index (κ2) is 4.50. The van der Waals surface area contributed by atoms with Crippen LogP contribution in [0.15, 0.2) is 36.0 Å². The maximum absolute atomic E-state index is 10.5. The van der Waals surface area contributed by atoms with Crippen LogP contribution in [0.5, 0.6) is 0 Å². The van der Waals surface area contributed by atoms with Crippen molar-refractivity contribution in [3.8, 4) is 0 Å². The Labute approximate surface area is 67.1 Å². The van der Waals surface area contributed by atoms with E-state index in [1.54, 1.807) is 12.2 Å². The van der Waals surface area contributed by atoms with Crippen LogP contribution in [-0.2, 0) is 4.79 Å². The summed E-state index contributed by atoms with van der Waals surface area (Å²) in [7, 11) is 0. The lowest BCUT2D eigenvalue weighted by Crippen LogP contribution is -2.11. The van der Waals surface area contributed by atoms with Gasteiger partial charge in [-0.3, -0.25) is 4.79 Å². The van der Waals surface area contributed by atoms with Crippen LogP contribution < -0.4 is 5.73 Å². The van der Waals surface area contributed by atoms with Crippen LogP contribution in [-0.4, -0.2) is 5.91 Å². The molecule has 0 rings (SSSR count). The summed E-state index contributed by atoms with van der Waals surface area (Å²) in [6.07, 6.45) is 5.34. The summed E-state index contributed by atoms with van der Waals surface area (Å²) in [4.78, 5) is 10.5. The molecule has 2 heteroatoms. The van der Waals surface area contributed by atoms with E-state index < -0.39 is 5.91 Å². The first-order valence-electron chi connectivity index (χ1n) is 3.37. The largest absolute Gasteiger partial charge is 0.366 e. The molecule has 11 heavy (non-hydrogen) atoms. The van der Waals surface area contributed by atoms with Crippen molar-refractivity contribution in [2.24, 2.45) is 5.73 Å². The standard InChI is InChI=1S/C9H13NO/c1-4-7(2)5-6-8(3)9(10)11/h4-6H,3H2,1-2H3,(H2,10,11)/b6-5-,7-4-. The average molecular weight is 151 g/mol. The van der Waals surface area contributed by atoms with Crippen molar-refractivity contribution in [1.82, 2.24) is 0 Å². The maximum atomic E-state index is 10.5. The highest BCUT2D eigenvalue weighted by Gasteiger charge is 1.93. The number of hydrogen-bond acceptors (Lipinski definition) is 1. The third-order valence-electron chi connectivity index (χ3n) is 1.32. The molecule has 0 bridgehead atoms. The van der Waals surface area contributed by atoms with E-state index in [1.165, 1.54) is 0 Å². The van der Waals surface area contributed by atoms with Crippen LogP contribution >= 0.6 is 0 Å². The van der Waals surface area contributed by atoms with Crippen LogP contribution in [0.4, 0.5) is 0 Å². The highest BCUT2D eigenvalue weighted by molar-refractivity contribution is 5.94. The number of allylic oxidation sites excluding steroid dienone is 3. The van der Waals surface area contributed by atoms with Gasteiger partial charge in [0.05, 0.1) is 0 Å². The Hall–Kier alpha value is -1.31. The SMILES string of the molecule is C=C(/C=C\C(C)=C/C)C(N)=O. The van der Waals surface area contributed by atoms with Crippen LogP contribution in [0.25, 0.3) is 0 Å². The molecule has 2 N–H and O–H groups in total. The van der Waals surface area contributed by atoms with Crippen molar-refractivity contribution >= 4 is 5.91 Å². The van der Waals surface area contributed by atoms with Gasteiger partial charge >= 0.3 is 0 Å². The van der Waals surface area contributed by atoms with Crippen molar-refractivity contribution in [3.05, 3.63) is 36.0 Å². The first-order valence-corrected chi connectivity index (χ1v) is 3.37. The van der Waals surface area contributed by atoms with E-state index in [-0.39, 0.29) is 0 Å². The van der Waals surface area contributed by atoms with Crippen LogP contribution in [0.3, 0.4) is 0 Å². The molecule has 0 aliphatic rings. The van der Waals surface area contributed by atoms with Gasteiger partial charge in [0.1, 0.15) is 0 Å². The molecule has 0 aromatic rings. The summed E-state index contributed by atoms with van der Waals surface area (Å²) >= 11 is 0. The zero-order chi connectivity index (χ0) is 8.85. The fourth-order valence-corrected chi connectivity index (χ4v) is 0.410. The minimum Gasteiger partial charge on any atom is -0.366 e. The Bertz CT molecular complexity index is 224. The van der Waals surface area contributed by atoms with Gasteiger partial charge in [0, 0.05) is 5.57 Å². The van der Waals surface area contributed by atoms with Gasteiger partial charge < -0.3 is 5.73 Å². The maximum Gasteiger partial charge on any atom is 0.248 e. The lowest BCUT2D eigenvalue weighted by atomic mass is 10.2. The molecule has 0 unspecified atom stereocenters. The van der Waals surface area contributed by atoms with E-state index in [0.29, 0.717) is 5.57 Å². The topological polar surface area (TPSA) is 43.1 Å². The number of hydrogen-bond donors (Lipinski definition) is 1. The van der Waals surface area contributed by atoms with Crippen molar-refractivity contribution in [3.63, 3.8) is 0 Å². The van der Waals surface area contributed by atoms with E-state index in [9.17, 15) is 4.79 Å². The van der Waals surface area contributed by atoms with Crippen molar-refractivity contribution in [2.75, 3.05) is 0 Å². The summed E-state index contributed by atoms with van der Waals surface area (Å²) in [5.41, 5.74) is 6.36. The normalized spacial score (nSPS) is 12.0. The lowest BCUT2D eigenvalue weighted by Gasteiger charge is -1.91. The highest BCUT2D eigenvalue weighted by atomic mass is 16.1. The number of nitrogens with two attached hydrogens (primary N) is 1. The Morgan fingerprint density at radius 2 is 2.00 bits per heavy atom. The third-order valence-corrected chi connectivity index (χ3v) is 1.32. The van der Waals surface area contributed by atoms with Gasteiger partial charge in [0.15, 0.2) is 0 Å². The number of primary amides is 1. The second-order valence-electron chi connectivity index (χ2n) is 2.26. The molecule has 0 saturated carbocycles. The molecule has 2 nitrogen and oxygen atoms in total. The van der Waals surface area contributed by atoms with Gasteiger partial charge in [-0.1, -0.05) is 24.3 Å². The molecule has 1 amide bonds. The van der Waals surface area contributed by atoms with Gasteiger partial charge in [0.2, 0.25) is 5.91 Å². The van der Waals surface area contributed by atoms with Gasteiger partial charge in [0.25, 0.3) is 0 Å². The van der Waals surface area contributed by atoms with Crippen molar-refractivity contribution in [1.29, 1.82) is 0 Å². The molecular weight excluding hydrogens is 138 g/mol. The number of carbonyl (C=O) groups is 1. The highest BCUT2D eigenvalue weighted by Crippen LogP contribution is 1.97. The van der Waals surface area contributed by atoms with Gasteiger partial charge in [-0.15, -0.1) is 0 Å². The molecule has 0 aromatic carbocycles. The summed E-state index contributed by atoms with van der Waals surface area (Å²) in [6, 6.07) is 0. The summed E-state index contributed by atoms with van der Waals surface area (Å²) in [5.74, 6) is -0.481. The fraction of sp³-hybridized carbons (Fsp3) is 0.222. The monoisotopic (exact) mass is 151 g/mol. The quantitative estimate of drug-likeness (QED) is 0.482. The van der Waals surface area contributed by atoms with E-state index in [0.717, 1.165) is 5.57 Å². The van der Waals surface area contributed by atoms with Crippen LogP contribution in [0, 0.1) is 0 Å². The van der Waals surface area contributed by atoms with Gasteiger partial charge in [-0.25, -0.2) is 0 Å². The molecule has 0 heterocycles. The second-order valence-corrected chi connectivity index (χ2v) is 2.26. The van der Waals surface area contributed by atoms with E-state index in [1.807, 2.05) is 19.9 Å².